The maximum atomic E-state index is 9.61. The SMILES string of the molecule is CCCCCCCCCC(C)(c1ccc(O)cc1)c1ccc(O)cc1. The van der Waals surface area contributed by atoms with Gasteiger partial charge in [0.1, 0.15) is 11.5 Å². The molecule has 2 rings (SSSR count). The number of hydrogen-bond donors (Lipinski definition) is 2. The Morgan fingerprint density at radius 2 is 1.04 bits per heavy atom. The van der Waals surface area contributed by atoms with Crippen LogP contribution < -0.4 is 0 Å². The first kappa shape index (κ1) is 19.4. The minimum Gasteiger partial charge on any atom is -0.508 e. The number of phenols is 2. The van der Waals surface area contributed by atoms with E-state index in [1.807, 2.05) is 24.3 Å². The number of aromatic hydroxyl groups is 2. The van der Waals surface area contributed by atoms with Crippen LogP contribution in [0.1, 0.15) is 76.3 Å². The number of hydrogen-bond acceptors (Lipinski definition) is 2. The molecule has 0 aliphatic carbocycles. The Balaban J connectivity index is 2.07. The molecule has 0 aliphatic heterocycles. The molecule has 2 aromatic carbocycles. The topological polar surface area (TPSA) is 40.5 Å². The quantitative estimate of drug-likeness (QED) is 0.482. The zero-order valence-corrected chi connectivity index (χ0v) is 15.7. The van der Waals surface area contributed by atoms with Crippen LogP contribution in [0.15, 0.2) is 48.5 Å². The van der Waals surface area contributed by atoms with Crippen LogP contribution in [0, 0.1) is 0 Å². The van der Waals surface area contributed by atoms with Gasteiger partial charge in [-0.25, -0.2) is 0 Å². The Hall–Kier alpha value is -1.96. The van der Waals surface area contributed by atoms with E-state index in [0.717, 1.165) is 6.42 Å². The van der Waals surface area contributed by atoms with Gasteiger partial charge in [-0.2, -0.15) is 0 Å². The second kappa shape index (κ2) is 9.50. The molecule has 2 aromatic rings. The summed E-state index contributed by atoms with van der Waals surface area (Å²) in [4.78, 5) is 0. The highest BCUT2D eigenvalue weighted by atomic mass is 16.3. The van der Waals surface area contributed by atoms with Gasteiger partial charge in [0.05, 0.1) is 0 Å². The molecule has 0 saturated carbocycles. The van der Waals surface area contributed by atoms with Gasteiger partial charge in [-0.3, -0.25) is 0 Å². The van der Waals surface area contributed by atoms with Crippen LogP contribution in [-0.4, -0.2) is 10.2 Å². The monoisotopic (exact) mass is 340 g/mol. The van der Waals surface area contributed by atoms with Crippen LogP contribution in [-0.2, 0) is 5.41 Å². The number of unbranched alkanes of at least 4 members (excludes halogenated alkanes) is 6. The van der Waals surface area contributed by atoms with E-state index >= 15 is 0 Å². The highest BCUT2D eigenvalue weighted by Crippen LogP contribution is 2.38. The lowest BCUT2D eigenvalue weighted by atomic mass is 9.72. The van der Waals surface area contributed by atoms with E-state index in [4.69, 9.17) is 0 Å². The van der Waals surface area contributed by atoms with E-state index in [0.29, 0.717) is 11.5 Å². The minimum absolute atomic E-state index is 0.106. The predicted octanol–water partition coefficient (Wildman–Crippen LogP) is 6.54. The first-order valence-corrected chi connectivity index (χ1v) is 9.65. The normalized spacial score (nSPS) is 11.6. The summed E-state index contributed by atoms with van der Waals surface area (Å²) in [6.07, 6.45) is 10.1. The molecule has 2 nitrogen and oxygen atoms in total. The molecule has 0 heterocycles. The maximum absolute atomic E-state index is 9.61. The van der Waals surface area contributed by atoms with E-state index in [2.05, 4.69) is 13.8 Å². The van der Waals surface area contributed by atoms with Crippen LogP contribution in [0.25, 0.3) is 0 Å². The first-order valence-electron chi connectivity index (χ1n) is 9.65. The standard InChI is InChI=1S/C23H32O2/c1-3-4-5-6-7-8-9-18-23(2,19-10-14-21(24)15-11-19)20-12-16-22(25)17-13-20/h10-17,24-25H,3-9,18H2,1-2H3. The first-order chi connectivity index (χ1) is 12.1. The molecular formula is C23H32O2. The summed E-state index contributed by atoms with van der Waals surface area (Å²) in [5.74, 6) is 0.598. The highest BCUT2D eigenvalue weighted by Gasteiger charge is 2.28. The molecule has 2 heteroatoms. The van der Waals surface area contributed by atoms with Crippen molar-refractivity contribution < 1.29 is 10.2 Å². The molecule has 25 heavy (non-hydrogen) atoms. The van der Waals surface area contributed by atoms with Gasteiger partial charge < -0.3 is 10.2 Å². The zero-order chi connectivity index (χ0) is 18.1. The van der Waals surface area contributed by atoms with Gasteiger partial charge >= 0.3 is 0 Å². The Bertz CT molecular complexity index is 568. The number of rotatable bonds is 10. The van der Waals surface area contributed by atoms with E-state index in [9.17, 15) is 10.2 Å². The molecule has 0 atom stereocenters. The number of benzene rings is 2. The lowest BCUT2D eigenvalue weighted by Crippen LogP contribution is -2.23. The fourth-order valence-corrected chi connectivity index (χ4v) is 3.55. The van der Waals surface area contributed by atoms with E-state index in [1.54, 1.807) is 24.3 Å². The molecule has 0 amide bonds. The fraction of sp³-hybridized carbons (Fsp3) is 0.478. The van der Waals surface area contributed by atoms with Crippen molar-refractivity contribution in [3.63, 3.8) is 0 Å². The average molecular weight is 341 g/mol. The van der Waals surface area contributed by atoms with Crippen LogP contribution in [0.2, 0.25) is 0 Å². The molecule has 0 radical (unpaired) electrons. The Kier molecular flexibility index (Phi) is 7.36. The minimum atomic E-state index is -0.106. The van der Waals surface area contributed by atoms with Crippen molar-refractivity contribution in [3.05, 3.63) is 59.7 Å². The summed E-state index contributed by atoms with van der Waals surface area (Å²) in [6.45, 7) is 4.52. The van der Waals surface area contributed by atoms with Crippen LogP contribution in [0.3, 0.4) is 0 Å². The van der Waals surface area contributed by atoms with Gasteiger partial charge in [0.25, 0.3) is 0 Å². The van der Waals surface area contributed by atoms with Crippen LogP contribution >= 0.6 is 0 Å². The van der Waals surface area contributed by atoms with Crippen LogP contribution in [0.5, 0.6) is 11.5 Å². The molecule has 2 N–H and O–H groups in total. The van der Waals surface area contributed by atoms with Crippen molar-refractivity contribution in [1.82, 2.24) is 0 Å². The van der Waals surface area contributed by atoms with Gasteiger partial charge in [0, 0.05) is 5.41 Å². The molecule has 0 saturated heterocycles. The smallest absolute Gasteiger partial charge is 0.115 e. The van der Waals surface area contributed by atoms with E-state index in [-0.39, 0.29) is 5.41 Å². The Morgan fingerprint density at radius 1 is 0.640 bits per heavy atom. The lowest BCUT2D eigenvalue weighted by molar-refractivity contribution is 0.460. The summed E-state index contributed by atoms with van der Waals surface area (Å²) >= 11 is 0. The molecule has 0 bridgehead atoms. The van der Waals surface area contributed by atoms with Gasteiger partial charge in [0.2, 0.25) is 0 Å². The van der Waals surface area contributed by atoms with Crippen LogP contribution in [0.4, 0.5) is 0 Å². The second-order valence-electron chi connectivity index (χ2n) is 7.30. The second-order valence-corrected chi connectivity index (χ2v) is 7.30. The van der Waals surface area contributed by atoms with E-state index < -0.39 is 0 Å². The van der Waals surface area contributed by atoms with Gasteiger partial charge in [-0.1, -0.05) is 83.1 Å². The van der Waals surface area contributed by atoms with Crippen molar-refractivity contribution in [3.8, 4) is 11.5 Å². The molecule has 0 fully saturated rings. The molecule has 0 unspecified atom stereocenters. The third-order valence-corrected chi connectivity index (χ3v) is 5.29. The number of phenolic OH excluding ortho intramolecular Hbond substituents is 2. The van der Waals surface area contributed by atoms with Gasteiger partial charge in [-0.05, 0) is 41.8 Å². The van der Waals surface area contributed by atoms with Crippen molar-refractivity contribution in [2.24, 2.45) is 0 Å². The van der Waals surface area contributed by atoms with Gasteiger partial charge in [-0.15, -0.1) is 0 Å². The van der Waals surface area contributed by atoms with Crippen molar-refractivity contribution in [2.45, 2.75) is 70.6 Å². The molecule has 136 valence electrons. The van der Waals surface area contributed by atoms with Gasteiger partial charge in [0.15, 0.2) is 0 Å². The molecule has 0 aliphatic rings. The lowest BCUT2D eigenvalue weighted by Gasteiger charge is -2.31. The average Bonchev–Trinajstić information content (AvgIpc) is 2.62. The third kappa shape index (κ3) is 5.52. The van der Waals surface area contributed by atoms with E-state index in [1.165, 1.54) is 56.1 Å². The summed E-state index contributed by atoms with van der Waals surface area (Å²) in [7, 11) is 0. The Morgan fingerprint density at radius 3 is 1.48 bits per heavy atom. The maximum Gasteiger partial charge on any atom is 0.115 e. The molecule has 0 aromatic heterocycles. The summed E-state index contributed by atoms with van der Waals surface area (Å²) < 4.78 is 0. The molecule has 0 spiro atoms. The highest BCUT2D eigenvalue weighted by molar-refractivity contribution is 5.42. The third-order valence-electron chi connectivity index (χ3n) is 5.29. The largest absolute Gasteiger partial charge is 0.508 e. The zero-order valence-electron chi connectivity index (χ0n) is 15.7. The van der Waals surface area contributed by atoms with Crippen molar-refractivity contribution in [2.75, 3.05) is 0 Å². The summed E-state index contributed by atoms with van der Waals surface area (Å²) in [6, 6.07) is 15.1. The summed E-state index contributed by atoms with van der Waals surface area (Å²) in [5, 5.41) is 19.2. The van der Waals surface area contributed by atoms with Crippen molar-refractivity contribution in [1.29, 1.82) is 0 Å². The Labute approximate surface area is 152 Å². The predicted molar refractivity (Wildman–Crippen MR) is 105 cm³/mol. The molecular weight excluding hydrogens is 308 g/mol. The van der Waals surface area contributed by atoms with Crippen molar-refractivity contribution >= 4 is 0 Å². The summed E-state index contributed by atoms with van der Waals surface area (Å²) in [5.41, 5.74) is 2.31. The fourth-order valence-electron chi connectivity index (χ4n) is 3.55.